The third-order valence-electron chi connectivity index (χ3n) is 3.25. The van der Waals surface area contributed by atoms with E-state index in [2.05, 4.69) is 15.3 Å². The molecule has 1 aromatic carbocycles. The molecule has 0 saturated carbocycles. The number of rotatable bonds is 3. The van der Waals surface area contributed by atoms with E-state index in [0.29, 0.717) is 29.1 Å². The van der Waals surface area contributed by atoms with Crippen LogP contribution in [0.15, 0.2) is 23.0 Å². The summed E-state index contributed by atoms with van der Waals surface area (Å²) in [6, 6.07) is 5.11. The lowest BCUT2D eigenvalue weighted by atomic mass is 10.2. The smallest absolute Gasteiger partial charge is 0.260 e. The van der Waals surface area contributed by atoms with Gasteiger partial charge in [0.2, 0.25) is 5.95 Å². The molecule has 6 heteroatoms. The molecule has 0 spiro atoms. The van der Waals surface area contributed by atoms with E-state index >= 15 is 0 Å². The van der Waals surface area contributed by atoms with Crippen molar-refractivity contribution in [1.82, 2.24) is 9.97 Å². The number of ether oxygens (including phenoxy) is 1. The molecule has 1 saturated heterocycles. The number of nitrogen functional groups attached to an aromatic ring is 1. The highest BCUT2D eigenvalue weighted by Crippen LogP contribution is 2.14. The van der Waals surface area contributed by atoms with Gasteiger partial charge in [-0.2, -0.15) is 0 Å². The first-order chi connectivity index (χ1) is 9.22. The van der Waals surface area contributed by atoms with E-state index in [4.69, 9.17) is 10.5 Å². The Morgan fingerprint density at radius 2 is 2.42 bits per heavy atom. The quantitative estimate of drug-likeness (QED) is 0.718. The summed E-state index contributed by atoms with van der Waals surface area (Å²) in [6.07, 6.45) is 2.33. The number of hydrogen-bond acceptors (Lipinski definition) is 5. The highest BCUT2D eigenvalue weighted by Gasteiger charge is 2.15. The van der Waals surface area contributed by atoms with Crippen LogP contribution in [-0.4, -0.2) is 29.2 Å². The number of aromatic amines is 1. The number of fused-ring (bicyclic) bond motifs is 1. The summed E-state index contributed by atoms with van der Waals surface area (Å²) >= 11 is 0. The SMILES string of the molecule is Nc1ccc2nc(NCC3CCCO3)[nH]c(=O)c2c1. The Morgan fingerprint density at radius 3 is 3.21 bits per heavy atom. The van der Waals surface area contributed by atoms with Crippen molar-refractivity contribution >= 4 is 22.5 Å². The second kappa shape index (κ2) is 4.89. The van der Waals surface area contributed by atoms with Crippen LogP contribution in [0.1, 0.15) is 12.8 Å². The van der Waals surface area contributed by atoms with E-state index in [0.717, 1.165) is 19.4 Å². The Labute approximate surface area is 110 Å². The second-order valence-electron chi connectivity index (χ2n) is 4.71. The molecule has 0 bridgehead atoms. The molecule has 1 aliphatic rings. The summed E-state index contributed by atoms with van der Waals surface area (Å²) in [7, 11) is 0. The van der Waals surface area contributed by atoms with Crippen LogP contribution in [0.3, 0.4) is 0 Å². The van der Waals surface area contributed by atoms with E-state index in [-0.39, 0.29) is 11.7 Å². The topological polar surface area (TPSA) is 93.0 Å². The molecule has 1 fully saturated rings. The van der Waals surface area contributed by atoms with Gasteiger partial charge in [0.1, 0.15) is 0 Å². The van der Waals surface area contributed by atoms with Crippen LogP contribution in [0.25, 0.3) is 10.9 Å². The number of nitrogens with two attached hydrogens (primary N) is 1. The van der Waals surface area contributed by atoms with Gasteiger partial charge in [-0.1, -0.05) is 0 Å². The van der Waals surface area contributed by atoms with Gasteiger partial charge in [-0.25, -0.2) is 4.98 Å². The van der Waals surface area contributed by atoms with Gasteiger partial charge in [0, 0.05) is 18.8 Å². The van der Waals surface area contributed by atoms with Gasteiger partial charge in [0.25, 0.3) is 5.56 Å². The number of hydrogen-bond donors (Lipinski definition) is 3. The molecule has 3 rings (SSSR count). The number of benzene rings is 1. The molecule has 2 heterocycles. The highest BCUT2D eigenvalue weighted by molar-refractivity contribution is 5.81. The van der Waals surface area contributed by atoms with E-state index in [1.807, 2.05) is 0 Å². The van der Waals surface area contributed by atoms with Crippen molar-refractivity contribution in [2.24, 2.45) is 0 Å². The molecule has 0 aliphatic carbocycles. The molecular formula is C13H16N4O2. The number of H-pyrrole nitrogens is 1. The van der Waals surface area contributed by atoms with E-state index in [1.54, 1.807) is 18.2 Å². The van der Waals surface area contributed by atoms with Crippen LogP contribution in [0.2, 0.25) is 0 Å². The van der Waals surface area contributed by atoms with Crippen LogP contribution in [0, 0.1) is 0 Å². The van der Waals surface area contributed by atoms with Crippen molar-refractivity contribution in [2.45, 2.75) is 18.9 Å². The molecular weight excluding hydrogens is 244 g/mol. The maximum atomic E-state index is 11.9. The number of anilines is 2. The molecule has 100 valence electrons. The largest absolute Gasteiger partial charge is 0.399 e. The molecule has 1 aromatic heterocycles. The van der Waals surface area contributed by atoms with Crippen molar-refractivity contribution in [3.63, 3.8) is 0 Å². The number of aromatic nitrogens is 2. The van der Waals surface area contributed by atoms with E-state index in [9.17, 15) is 4.79 Å². The normalized spacial score (nSPS) is 18.8. The Kier molecular flexibility index (Phi) is 3.08. The third kappa shape index (κ3) is 2.53. The van der Waals surface area contributed by atoms with Crippen LogP contribution in [0.5, 0.6) is 0 Å². The fourth-order valence-electron chi connectivity index (χ4n) is 2.26. The zero-order chi connectivity index (χ0) is 13.2. The maximum absolute atomic E-state index is 11.9. The van der Waals surface area contributed by atoms with Gasteiger partial charge in [0.15, 0.2) is 0 Å². The minimum absolute atomic E-state index is 0.188. The van der Waals surface area contributed by atoms with Gasteiger partial charge >= 0.3 is 0 Å². The van der Waals surface area contributed by atoms with Gasteiger partial charge in [-0.15, -0.1) is 0 Å². The summed E-state index contributed by atoms with van der Waals surface area (Å²) in [5.41, 5.74) is 6.66. The Bertz CT molecular complexity index is 647. The highest BCUT2D eigenvalue weighted by atomic mass is 16.5. The zero-order valence-electron chi connectivity index (χ0n) is 10.5. The van der Waals surface area contributed by atoms with Crippen LogP contribution in [-0.2, 0) is 4.74 Å². The standard InChI is InChI=1S/C13H16N4O2/c14-8-3-4-11-10(6-8)12(18)17-13(16-11)15-7-9-2-1-5-19-9/h3-4,6,9H,1-2,5,7,14H2,(H2,15,16,17,18). The molecule has 2 aromatic rings. The van der Waals surface area contributed by atoms with Gasteiger partial charge in [-0.05, 0) is 31.0 Å². The minimum atomic E-state index is -0.188. The fraction of sp³-hybridized carbons (Fsp3) is 0.385. The first kappa shape index (κ1) is 12.0. The minimum Gasteiger partial charge on any atom is -0.399 e. The lowest BCUT2D eigenvalue weighted by Crippen LogP contribution is -2.21. The molecule has 1 atom stereocenters. The number of nitrogens with zero attached hydrogens (tertiary/aromatic N) is 1. The lowest BCUT2D eigenvalue weighted by Gasteiger charge is -2.11. The lowest BCUT2D eigenvalue weighted by molar-refractivity contribution is 0.120. The molecule has 1 aliphatic heterocycles. The van der Waals surface area contributed by atoms with Crippen molar-refractivity contribution in [1.29, 1.82) is 0 Å². The zero-order valence-corrected chi connectivity index (χ0v) is 10.5. The fourth-order valence-corrected chi connectivity index (χ4v) is 2.26. The molecule has 6 nitrogen and oxygen atoms in total. The predicted molar refractivity (Wildman–Crippen MR) is 74.2 cm³/mol. The first-order valence-corrected chi connectivity index (χ1v) is 6.37. The number of nitrogens with one attached hydrogen (secondary N) is 2. The maximum Gasteiger partial charge on any atom is 0.260 e. The first-order valence-electron chi connectivity index (χ1n) is 6.37. The second-order valence-corrected chi connectivity index (χ2v) is 4.71. The van der Waals surface area contributed by atoms with E-state index in [1.165, 1.54) is 0 Å². The monoisotopic (exact) mass is 260 g/mol. The van der Waals surface area contributed by atoms with Gasteiger partial charge in [0.05, 0.1) is 17.0 Å². The van der Waals surface area contributed by atoms with Crippen molar-refractivity contribution in [3.8, 4) is 0 Å². The summed E-state index contributed by atoms with van der Waals surface area (Å²) < 4.78 is 5.51. The molecule has 1 unspecified atom stereocenters. The summed E-state index contributed by atoms with van der Waals surface area (Å²) in [4.78, 5) is 19.0. The Morgan fingerprint density at radius 1 is 1.53 bits per heavy atom. The van der Waals surface area contributed by atoms with Crippen molar-refractivity contribution in [2.75, 3.05) is 24.2 Å². The van der Waals surface area contributed by atoms with Crippen molar-refractivity contribution < 1.29 is 4.74 Å². The van der Waals surface area contributed by atoms with Crippen LogP contribution < -0.4 is 16.6 Å². The molecule has 0 radical (unpaired) electrons. The van der Waals surface area contributed by atoms with Crippen LogP contribution in [0.4, 0.5) is 11.6 Å². The van der Waals surface area contributed by atoms with Gasteiger partial charge < -0.3 is 15.8 Å². The molecule has 4 N–H and O–H groups in total. The van der Waals surface area contributed by atoms with Crippen molar-refractivity contribution in [3.05, 3.63) is 28.6 Å². The third-order valence-corrected chi connectivity index (χ3v) is 3.25. The Balaban J connectivity index is 1.84. The molecule has 19 heavy (non-hydrogen) atoms. The molecule has 0 amide bonds. The summed E-state index contributed by atoms with van der Waals surface area (Å²) in [5, 5.41) is 3.61. The summed E-state index contributed by atoms with van der Waals surface area (Å²) in [5.74, 6) is 0.470. The predicted octanol–water partition coefficient (Wildman–Crippen LogP) is 1.10. The average molecular weight is 260 g/mol. The van der Waals surface area contributed by atoms with Gasteiger partial charge in [-0.3, -0.25) is 9.78 Å². The van der Waals surface area contributed by atoms with Crippen LogP contribution >= 0.6 is 0 Å². The summed E-state index contributed by atoms with van der Waals surface area (Å²) in [6.45, 7) is 1.47. The van der Waals surface area contributed by atoms with E-state index < -0.39 is 0 Å². The Hall–Kier alpha value is -2.08. The average Bonchev–Trinajstić information content (AvgIpc) is 2.90.